The lowest BCUT2D eigenvalue weighted by molar-refractivity contribution is 0.494. The molecule has 4 aliphatic carbocycles. The molecule has 6 atom stereocenters. The number of hydrogen-bond donors (Lipinski definition) is 0. The first-order chi connectivity index (χ1) is 18.3. The van der Waals surface area contributed by atoms with Gasteiger partial charge in [-0.3, -0.25) is 0 Å². The molecular weight excluding hydrogens is 512 g/mol. The average molecular weight is 543 g/mol. The SMILES string of the molecule is Cc1ccc(C=C2C3C4=C(C5CCC4C5)C2C(S(=O)(=O)c2ccccc2)C3S(=O)(=O)c2ccccc2)cc1. The van der Waals surface area contributed by atoms with E-state index in [9.17, 15) is 16.8 Å². The summed E-state index contributed by atoms with van der Waals surface area (Å²) in [5, 5.41) is -2.09. The summed E-state index contributed by atoms with van der Waals surface area (Å²) in [4.78, 5) is 0.400. The maximum absolute atomic E-state index is 14.4. The third kappa shape index (κ3) is 3.39. The first-order valence-electron chi connectivity index (χ1n) is 13.4. The second-order valence-corrected chi connectivity index (χ2v) is 15.5. The van der Waals surface area contributed by atoms with Crippen LogP contribution in [0, 0.1) is 30.6 Å². The van der Waals surface area contributed by atoms with E-state index in [1.54, 1.807) is 60.7 Å². The predicted octanol–water partition coefficient (Wildman–Crippen LogP) is 6.05. The molecule has 194 valence electrons. The van der Waals surface area contributed by atoms with Gasteiger partial charge in [0.25, 0.3) is 0 Å². The van der Waals surface area contributed by atoms with Crippen LogP contribution in [0.4, 0.5) is 0 Å². The Morgan fingerprint density at radius 2 is 1.08 bits per heavy atom. The number of allylic oxidation sites excluding steroid dienone is 3. The molecule has 0 saturated heterocycles. The summed E-state index contributed by atoms with van der Waals surface area (Å²) in [5.74, 6) is -0.0823. The lowest BCUT2D eigenvalue weighted by atomic mass is 9.82. The molecule has 0 spiro atoms. The minimum absolute atomic E-state index is 0.200. The van der Waals surface area contributed by atoms with Gasteiger partial charge in [0.15, 0.2) is 19.7 Å². The van der Waals surface area contributed by atoms with E-state index in [1.165, 1.54) is 11.1 Å². The van der Waals surface area contributed by atoms with Crippen LogP contribution in [0.3, 0.4) is 0 Å². The molecule has 0 N–H and O–H groups in total. The smallest absolute Gasteiger partial charge is 0.183 e. The molecule has 0 aromatic heterocycles. The van der Waals surface area contributed by atoms with Gasteiger partial charge >= 0.3 is 0 Å². The lowest BCUT2D eigenvalue weighted by Crippen LogP contribution is -2.45. The Morgan fingerprint density at radius 1 is 0.632 bits per heavy atom. The zero-order valence-corrected chi connectivity index (χ0v) is 22.8. The number of hydrogen-bond acceptors (Lipinski definition) is 4. The van der Waals surface area contributed by atoms with Crippen molar-refractivity contribution in [2.75, 3.05) is 0 Å². The standard InChI is InChI=1S/C32H30O4S2/c1-20-12-14-21(15-13-20)18-26-29-27-22-16-17-23(19-22)28(27)30(26)32(38(35,36)25-10-6-3-7-11-25)31(29)37(33,34)24-8-4-2-5-9-24/h2-15,18,22-23,29-32H,16-17,19H2,1H3. The second kappa shape index (κ2) is 8.52. The molecule has 4 aliphatic rings. The monoisotopic (exact) mass is 542 g/mol. The summed E-state index contributed by atoms with van der Waals surface area (Å²) < 4.78 is 57.7. The van der Waals surface area contributed by atoms with Crippen molar-refractivity contribution in [3.63, 3.8) is 0 Å². The highest BCUT2D eigenvalue weighted by Crippen LogP contribution is 2.68. The Labute approximate surface area is 225 Å². The maximum atomic E-state index is 14.4. The van der Waals surface area contributed by atoms with E-state index in [1.807, 2.05) is 31.2 Å². The molecule has 0 aliphatic heterocycles. The van der Waals surface area contributed by atoms with E-state index < -0.39 is 42.0 Å². The highest BCUT2D eigenvalue weighted by atomic mass is 32.2. The molecule has 0 radical (unpaired) electrons. The lowest BCUT2D eigenvalue weighted by Gasteiger charge is -2.35. The van der Waals surface area contributed by atoms with Gasteiger partial charge in [-0.15, -0.1) is 0 Å². The molecule has 4 bridgehead atoms. The molecule has 2 fully saturated rings. The van der Waals surface area contributed by atoms with E-state index >= 15 is 0 Å². The third-order valence-electron chi connectivity index (χ3n) is 9.29. The van der Waals surface area contributed by atoms with Crippen LogP contribution in [0.25, 0.3) is 6.08 Å². The zero-order chi connectivity index (χ0) is 26.2. The zero-order valence-electron chi connectivity index (χ0n) is 21.2. The maximum Gasteiger partial charge on any atom is 0.183 e. The van der Waals surface area contributed by atoms with Gasteiger partial charge in [0.05, 0.1) is 20.3 Å². The largest absolute Gasteiger partial charge is 0.223 e. The minimum atomic E-state index is -3.95. The molecule has 7 rings (SSSR count). The molecule has 38 heavy (non-hydrogen) atoms. The average Bonchev–Trinajstić information content (AvgIpc) is 3.70. The Morgan fingerprint density at radius 3 is 1.53 bits per heavy atom. The van der Waals surface area contributed by atoms with E-state index in [4.69, 9.17) is 0 Å². The van der Waals surface area contributed by atoms with E-state index in [0.29, 0.717) is 11.8 Å². The van der Waals surface area contributed by atoms with Crippen molar-refractivity contribution in [2.45, 2.75) is 46.5 Å². The number of fused-ring (bicyclic) bond motifs is 8. The van der Waals surface area contributed by atoms with Gasteiger partial charge in [-0.05, 0) is 67.9 Å². The molecular formula is C32H30O4S2. The van der Waals surface area contributed by atoms with Crippen LogP contribution >= 0.6 is 0 Å². The van der Waals surface area contributed by atoms with Gasteiger partial charge < -0.3 is 0 Å². The molecule has 0 amide bonds. The molecule has 4 nitrogen and oxygen atoms in total. The summed E-state index contributed by atoms with van der Waals surface area (Å²) in [6.45, 7) is 2.04. The van der Waals surface area contributed by atoms with Crippen LogP contribution in [0.5, 0.6) is 0 Å². The van der Waals surface area contributed by atoms with Crippen molar-refractivity contribution >= 4 is 25.8 Å². The fourth-order valence-corrected chi connectivity index (χ4v) is 12.8. The van der Waals surface area contributed by atoms with Crippen LogP contribution in [-0.2, 0) is 19.7 Å². The van der Waals surface area contributed by atoms with Crippen molar-refractivity contribution in [2.24, 2.45) is 23.7 Å². The van der Waals surface area contributed by atoms with Gasteiger partial charge in [0, 0.05) is 11.8 Å². The first-order valence-corrected chi connectivity index (χ1v) is 16.5. The summed E-state index contributed by atoms with van der Waals surface area (Å²) in [5.41, 5.74) is 5.60. The van der Waals surface area contributed by atoms with E-state index in [0.717, 1.165) is 36.0 Å². The highest BCUT2D eigenvalue weighted by molar-refractivity contribution is 7.96. The number of aryl methyl sites for hydroxylation is 1. The van der Waals surface area contributed by atoms with Crippen molar-refractivity contribution < 1.29 is 16.8 Å². The number of rotatable bonds is 5. The van der Waals surface area contributed by atoms with Gasteiger partial charge in [-0.2, -0.15) is 0 Å². The first kappa shape index (κ1) is 24.1. The Kier molecular flexibility index (Phi) is 5.41. The molecule has 3 aromatic carbocycles. The van der Waals surface area contributed by atoms with Crippen molar-refractivity contribution in [3.05, 3.63) is 113 Å². The number of sulfone groups is 2. The summed E-state index contributed by atoms with van der Waals surface area (Å²) in [6, 6.07) is 25.0. The quantitative estimate of drug-likeness (QED) is 0.291. The van der Waals surface area contributed by atoms with Crippen LogP contribution in [0.2, 0.25) is 0 Å². The summed E-state index contributed by atoms with van der Waals surface area (Å²) in [7, 11) is -7.90. The van der Waals surface area contributed by atoms with Gasteiger partial charge in [0.1, 0.15) is 0 Å². The van der Waals surface area contributed by atoms with Gasteiger partial charge in [-0.25, -0.2) is 16.8 Å². The molecule has 3 aromatic rings. The molecule has 6 unspecified atom stereocenters. The van der Waals surface area contributed by atoms with Gasteiger partial charge in [-0.1, -0.05) is 89.0 Å². The normalized spacial score (nSPS) is 29.7. The fraction of sp³-hybridized carbons (Fsp3) is 0.312. The van der Waals surface area contributed by atoms with Crippen LogP contribution in [-0.4, -0.2) is 27.3 Å². The van der Waals surface area contributed by atoms with Gasteiger partial charge in [0.2, 0.25) is 0 Å². The second-order valence-electron chi connectivity index (χ2n) is 11.3. The fourth-order valence-electron chi connectivity index (χ4n) is 7.83. The van der Waals surface area contributed by atoms with E-state index in [2.05, 4.69) is 6.08 Å². The van der Waals surface area contributed by atoms with Crippen molar-refractivity contribution in [1.82, 2.24) is 0 Å². The number of benzene rings is 3. The Balaban J connectivity index is 1.49. The molecule has 2 saturated carbocycles. The highest BCUT2D eigenvalue weighted by Gasteiger charge is 2.67. The molecule has 6 heteroatoms. The summed E-state index contributed by atoms with van der Waals surface area (Å²) in [6.07, 6.45) is 5.27. The topological polar surface area (TPSA) is 68.3 Å². The summed E-state index contributed by atoms with van der Waals surface area (Å²) >= 11 is 0. The predicted molar refractivity (Wildman–Crippen MR) is 149 cm³/mol. The van der Waals surface area contributed by atoms with E-state index in [-0.39, 0.29) is 9.79 Å². The Bertz CT molecular complexity index is 1580. The van der Waals surface area contributed by atoms with Crippen molar-refractivity contribution in [1.29, 1.82) is 0 Å². The van der Waals surface area contributed by atoms with Crippen LogP contribution in [0.15, 0.2) is 111 Å². The minimum Gasteiger partial charge on any atom is -0.223 e. The molecule has 0 heterocycles. The third-order valence-corrected chi connectivity index (χ3v) is 13.9. The Hall–Kier alpha value is -2.96. The van der Waals surface area contributed by atoms with Crippen molar-refractivity contribution in [3.8, 4) is 0 Å². The van der Waals surface area contributed by atoms with Crippen LogP contribution in [0.1, 0.15) is 30.4 Å². The van der Waals surface area contributed by atoms with Crippen LogP contribution < -0.4 is 0 Å².